The second-order valence-corrected chi connectivity index (χ2v) is 7.49. The van der Waals surface area contributed by atoms with Gasteiger partial charge in [0.2, 0.25) is 5.91 Å². The first-order valence-electron chi connectivity index (χ1n) is 8.47. The Morgan fingerprint density at radius 3 is 2.65 bits per heavy atom. The molecule has 1 aliphatic heterocycles. The molecule has 0 spiro atoms. The normalized spacial score (nSPS) is 22.9. The largest absolute Gasteiger partial charge is 0.352 e. The number of thiophene rings is 1. The Hall–Kier alpha value is -1.65. The Labute approximate surface area is 141 Å². The van der Waals surface area contributed by atoms with Crippen molar-refractivity contribution in [3.8, 4) is 0 Å². The van der Waals surface area contributed by atoms with E-state index >= 15 is 0 Å². The molecule has 1 aromatic heterocycles. The number of amides is 1. The van der Waals surface area contributed by atoms with Gasteiger partial charge in [0.25, 0.3) is 0 Å². The molecule has 4 heteroatoms. The molecule has 2 fully saturated rings. The average molecular weight is 326 g/mol. The molecule has 3 nitrogen and oxygen atoms in total. The molecule has 4 rings (SSSR count). The maximum Gasteiger partial charge on any atom is 0.242 e. The predicted octanol–water partition coefficient (Wildman–Crippen LogP) is 3.90. The minimum atomic E-state index is -0.175. The van der Waals surface area contributed by atoms with Gasteiger partial charge in [-0.2, -0.15) is 0 Å². The van der Waals surface area contributed by atoms with Gasteiger partial charge in [0, 0.05) is 17.0 Å². The van der Waals surface area contributed by atoms with Crippen molar-refractivity contribution in [3.63, 3.8) is 0 Å². The van der Waals surface area contributed by atoms with Crippen LogP contribution in [0.15, 0.2) is 47.8 Å². The molecule has 1 aromatic carbocycles. The number of carbonyl (C=O) groups is 1. The molecule has 1 N–H and O–H groups in total. The molecule has 1 saturated carbocycles. The van der Waals surface area contributed by atoms with Crippen molar-refractivity contribution in [2.24, 2.45) is 0 Å². The minimum Gasteiger partial charge on any atom is -0.352 e. The fraction of sp³-hybridized carbons (Fsp3) is 0.421. The van der Waals surface area contributed by atoms with Crippen LogP contribution < -0.4 is 5.32 Å². The molecule has 23 heavy (non-hydrogen) atoms. The molecule has 2 aliphatic rings. The van der Waals surface area contributed by atoms with E-state index in [9.17, 15) is 4.79 Å². The SMILES string of the molecule is O=C(NC1CC1)[C@H](c1ccccc1)N1CCC[C@@H]1c1cccs1. The highest BCUT2D eigenvalue weighted by molar-refractivity contribution is 7.10. The molecular weight excluding hydrogens is 304 g/mol. The summed E-state index contributed by atoms with van der Waals surface area (Å²) < 4.78 is 0. The monoisotopic (exact) mass is 326 g/mol. The number of hydrogen-bond donors (Lipinski definition) is 1. The molecular formula is C19H22N2OS. The fourth-order valence-corrected chi connectivity index (χ4v) is 4.40. The van der Waals surface area contributed by atoms with Gasteiger partial charge in [-0.1, -0.05) is 36.4 Å². The van der Waals surface area contributed by atoms with E-state index < -0.39 is 0 Å². The van der Waals surface area contributed by atoms with Crippen LogP contribution in [0.1, 0.15) is 48.2 Å². The van der Waals surface area contributed by atoms with Gasteiger partial charge in [0.15, 0.2) is 0 Å². The third-order valence-electron chi connectivity index (χ3n) is 4.78. The summed E-state index contributed by atoms with van der Waals surface area (Å²) in [7, 11) is 0. The lowest BCUT2D eigenvalue weighted by Gasteiger charge is -2.32. The van der Waals surface area contributed by atoms with Crippen LogP contribution in [-0.2, 0) is 4.79 Å². The quantitative estimate of drug-likeness (QED) is 0.903. The topological polar surface area (TPSA) is 32.3 Å². The summed E-state index contributed by atoms with van der Waals surface area (Å²) in [5, 5.41) is 5.35. The van der Waals surface area contributed by atoms with Gasteiger partial charge in [-0.25, -0.2) is 0 Å². The van der Waals surface area contributed by atoms with Crippen LogP contribution in [0.3, 0.4) is 0 Å². The maximum atomic E-state index is 12.9. The molecule has 1 saturated heterocycles. The summed E-state index contributed by atoms with van der Waals surface area (Å²) in [5.41, 5.74) is 1.11. The van der Waals surface area contributed by atoms with Crippen molar-refractivity contribution in [1.29, 1.82) is 0 Å². The maximum absolute atomic E-state index is 12.9. The number of nitrogens with zero attached hydrogens (tertiary/aromatic N) is 1. The van der Waals surface area contributed by atoms with E-state index in [2.05, 4.69) is 39.9 Å². The minimum absolute atomic E-state index is 0.169. The van der Waals surface area contributed by atoms with E-state index in [4.69, 9.17) is 0 Å². The van der Waals surface area contributed by atoms with Crippen LogP contribution in [0.25, 0.3) is 0 Å². The van der Waals surface area contributed by atoms with Crippen molar-refractivity contribution < 1.29 is 4.79 Å². The number of benzene rings is 1. The molecule has 1 amide bonds. The van der Waals surface area contributed by atoms with E-state index in [-0.39, 0.29) is 11.9 Å². The molecule has 2 heterocycles. The van der Waals surface area contributed by atoms with E-state index in [0.717, 1.165) is 37.8 Å². The molecule has 0 unspecified atom stereocenters. The number of likely N-dealkylation sites (tertiary alicyclic amines) is 1. The van der Waals surface area contributed by atoms with E-state index in [1.54, 1.807) is 11.3 Å². The number of carbonyl (C=O) groups excluding carboxylic acids is 1. The lowest BCUT2D eigenvalue weighted by Crippen LogP contribution is -2.41. The van der Waals surface area contributed by atoms with E-state index in [1.807, 2.05) is 18.2 Å². The van der Waals surface area contributed by atoms with Gasteiger partial charge in [0.1, 0.15) is 6.04 Å². The first-order chi connectivity index (χ1) is 11.3. The van der Waals surface area contributed by atoms with Crippen molar-refractivity contribution in [3.05, 3.63) is 58.3 Å². The molecule has 0 radical (unpaired) electrons. The summed E-state index contributed by atoms with van der Waals surface area (Å²) in [6.45, 7) is 0.986. The molecule has 2 atom stereocenters. The standard InChI is InChI=1S/C19H22N2OS/c22-19(20-15-10-11-15)18(14-6-2-1-3-7-14)21-12-4-8-16(21)17-9-5-13-23-17/h1-3,5-7,9,13,15-16,18H,4,8,10-12H2,(H,20,22)/t16-,18+/m1/s1. The van der Waals surface area contributed by atoms with Crippen molar-refractivity contribution in [1.82, 2.24) is 10.2 Å². The number of nitrogens with one attached hydrogen (secondary N) is 1. The average Bonchev–Trinajstić information content (AvgIpc) is 3.04. The Morgan fingerprint density at radius 1 is 1.13 bits per heavy atom. The summed E-state index contributed by atoms with van der Waals surface area (Å²) in [5.74, 6) is 0.169. The zero-order valence-corrected chi connectivity index (χ0v) is 14.0. The Kier molecular flexibility index (Phi) is 4.19. The van der Waals surface area contributed by atoms with E-state index in [0.29, 0.717) is 12.1 Å². The third-order valence-corrected chi connectivity index (χ3v) is 5.76. The molecule has 1 aliphatic carbocycles. The van der Waals surface area contributed by atoms with Gasteiger partial charge in [0.05, 0.1) is 0 Å². The Balaban J connectivity index is 1.64. The summed E-state index contributed by atoms with van der Waals surface area (Å²) in [4.78, 5) is 16.7. The van der Waals surface area contributed by atoms with Crippen molar-refractivity contribution >= 4 is 17.2 Å². The summed E-state index contributed by atoms with van der Waals surface area (Å²) in [6, 6.07) is 15.1. The smallest absolute Gasteiger partial charge is 0.242 e. The number of hydrogen-bond acceptors (Lipinski definition) is 3. The van der Waals surface area contributed by atoms with Crippen molar-refractivity contribution in [2.45, 2.75) is 43.8 Å². The van der Waals surface area contributed by atoms with Crippen LogP contribution in [0, 0.1) is 0 Å². The highest BCUT2D eigenvalue weighted by Crippen LogP contribution is 2.40. The van der Waals surface area contributed by atoms with E-state index in [1.165, 1.54) is 4.88 Å². The molecule has 0 bridgehead atoms. The summed E-state index contributed by atoms with van der Waals surface area (Å²) >= 11 is 1.80. The fourth-order valence-electron chi connectivity index (χ4n) is 3.52. The van der Waals surface area contributed by atoms with Gasteiger partial charge in [-0.3, -0.25) is 9.69 Å². The predicted molar refractivity (Wildman–Crippen MR) is 93.3 cm³/mol. The number of rotatable bonds is 5. The van der Waals surface area contributed by atoms with Gasteiger partial charge in [-0.15, -0.1) is 11.3 Å². The Bertz CT molecular complexity index is 651. The van der Waals surface area contributed by atoms with Crippen LogP contribution in [0.4, 0.5) is 0 Å². The lowest BCUT2D eigenvalue weighted by molar-refractivity contribution is -0.127. The van der Waals surface area contributed by atoms with Crippen molar-refractivity contribution in [2.75, 3.05) is 6.54 Å². The van der Waals surface area contributed by atoms with Crippen LogP contribution in [-0.4, -0.2) is 23.4 Å². The van der Waals surface area contributed by atoms with Gasteiger partial charge < -0.3 is 5.32 Å². The first-order valence-corrected chi connectivity index (χ1v) is 9.35. The second-order valence-electron chi connectivity index (χ2n) is 6.51. The van der Waals surface area contributed by atoms with Gasteiger partial charge in [-0.05, 0) is 49.2 Å². The zero-order chi connectivity index (χ0) is 15.6. The summed E-state index contributed by atoms with van der Waals surface area (Å²) in [6.07, 6.45) is 4.55. The van der Waals surface area contributed by atoms with Gasteiger partial charge >= 0.3 is 0 Å². The highest BCUT2D eigenvalue weighted by atomic mass is 32.1. The highest BCUT2D eigenvalue weighted by Gasteiger charge is 2.38. The van der Waals surface area contributed by atoms with Crippen LogP contribution in [0.5, 0.6) is 0 Å². The first kappa shape index (κ1) is 14.9. The third kappa shape index (κ3) is 3.19. The van der Waals surface area contributed by atoms with Crippen LogP contribution >= 0.6 is 11.3 Å². The Morgan fingerprint density at radius 2 is 1.96 bits per heavy atom. The molecule has 120 valence electrons. The lowest BCUT2D eigenvalue weighted by atomic mass is 10.0. The zero-order valence-electron chi connectivity index (χ0n) is 13.2. The van der Waals surface area contributed by atoms with Crippen LogP contribution in [0.2, 0.25) is 0 Å². The second kappa shape index (κ2) is 6.46. The molecule has 2 aromatic rings.